The summed E-state index contributed by atoms with van der Waals surface area (Å²) in [5, 5.41) is 12.1. The van der Waals surface area contributed by atoms with E-state index in [2.05, 4.69) is 9.71 Å². The predicted molar refractivity (Wildman–Crippen MR) is 121 cm³/mol. The quantitative estimate of drug-likeness (QED) is 0.611. The highest BCUT2D eigenvalue weighted by atomic mass is 32.2. The van der Waals surface area contributed by atoms with Crippen LogP contribution in [0.1, 0.15) is 31.8 Å². The van der Waals surface area contributed by atoms with Crippen LogP contribution in [0.15, 0.2) is 93.9 Å². The fraction of sp³-hybridized carbons (Fsp3) is 0.0417. The number of Topliss-reactive ketones (excluding diaryl/α,β-unsaturated/α-hetero) is 1. The summed E-state index contributed by atoms with van der Waals surface area (Å²) in [6, 6.07) is 18.9. The first-order valence-electron chi connectivity index (χ1n) is 9.62. The van der Waals surface area contributed by atoms with Crippen molar-refractivity contribution in [3.63, 3.8) is 0 Å². The molecule has 0 aliphatic heterocycles. The number of sulfonamides is 1. The predicted octanol–water partition coefficient (Wildman–Crippen LogP) is 4.06. The number of fused-ring (bicyclic) bond motifs is 1. The Balaban J connectivity index is 1.80. The van der Waals surface area contributed by atoms with E-state index in [0.29, 0.717) is 16.8 Å². The lowest BCUT2D eigenvalue weighted by atomic mass is 9.92. The lowest BCUT2D eigenvalue weighted by Crippen LogP contribution is -2.22. The number of carbonyl (C=O) groups is 2. The third-order valence-corrected chi connectivity index (χ3v) is 6.20. The van der Waals surface area contributed by atoms with Crippen molar-refractivity contribution in [3.8, 4) is 0 Å². The smallest absolute Gasteiger partial charge is 0.335 e. The topological polar surface area (TPSA) is 113 Å². The zero-order chi connectivity index (χ0) is 22.9. The summed E-state index contributed by atoms with van der Waals surface area (Å²) in [4.78, 5) is 24.3. The van der Waals surface area contributed by atoms with Gasteiger partial charge in [0.25, 0.3) is 10.0 Å². The molecule has 0 radical (unpaired) electrons. The van der Waals surface area contributed by atoms with E-state index < -0.39 is 16.0 Å². The Hall–Kier alpha value is -4.04. The summed E-state index contributed by atoms with van der Waals surface area (Å²) < 4.78 is 29.8. The molecule has 1 aliphatic carbocycles. The SMILES string of the molecule is Cc1ccc(S(=O)(=O)/N=C2/C=C(Nc3cccc(C(=O)O)c3)C(=O)c3ccccc32)cc1. The average Bonchev–Trinajstić information content (AvgIpc) is 2.77. The Kier molecular flexibility index (Phi) is 5.46. The fourth-order valence-corrected chi connectivity index (χ4v) is 4.27. The lowest BCUT2D eigenvalue weighted by Gasteiger charge is -2.19. The van der Waals surface area contributed by atoms with Gasteiger partial charge in [-0.25, -0.2) is 4.79 Å². The van der Waals surface area contributed by atoms with Crippen LogP contribution >= 0.6 is 0 Å². The Bertz CT molecular complexity index is 1400. The number of rotatable bonds is 5. The average molecular weight is 446 g/mol. The first-order chi connectivity index (χ1) is 15.2. The highest BCUT2D eigenvalue weighted by Gasteiger charge is 2.26. The number of aryl methyl sites for hydroxylation is 1. The maximum Gasteiger partial charge on any atom is 0.335 e. The Morgan fingerprint density at radius 2 is 1.62 bits per heavy atom. The van der Waals surface area contributed by atoms with Crippen molar-refractivity contribution in [2.45, 2.75) is 11.8 Å². The first kappa shape index (κ1) is 21.2. The molecule has 0 fully saturated rings. The van der Waals surface area contributed by atoms with E-state index in [4.69, 9.17) is 0 Å². The number of hydrogen-bond donors (Lipinski definition) is 2. The molecular weight excluding hydrogens is 428 g/mol. The standard InChI is InChI=1S/C24H18N2O5S/c1-15-9-11-18(12-10-15)32(30,31)26-21-14-22(23(27)20-8-3-2-7-19(20)21)25-17-6-4-5-16(13-17)24(28)29/h2-14,25H,1H3,(H,28,29)/b26-21-. The van der Waals surface area contributed by atoms with E-state index in [1.54, 1.807) is 48.5 Å². The number of nitrogens with one attached hydrogen (secondary N) is 1. The maximum atomic E-state index is 13.0. The summed E-state index contributed by atoms with van der Waals surface area (Å²) >= 11 is 0. The Morgan fingerprint density at radius 3 is 2.31 bits per heavy atom. The minimum atomic E-state index is -4.02. The van der Waals surface area contributed by atoms with Gasteiger partial charge in [0.15, 0.2) is 0 Å². The molecule has 4 rings (SSSR count). The second kappa shape index (κ2) is 8.24. The zero-order valence-corrected chi connectivity index (χ0v) is 17.8. The van der Waals surface area contributed by atoms with Crippen LogP contribution in [0.2, 0.25) is 0 Å². The molecule has 0 aromatic heterocycles. The van der Waals surface area contributed by atoms with Crippen LogP contribution in [0.5, 0.6) is 0 Å². The molecule has 3 aromatic rings. The molecule has 0 unspecified atom stereocenters. The number of carboxylic acids is 1. The van der Waals surface area contributed by atoms with Crippen molar-refractivity contribution in [1.29, 1.82) is 0 Å². The third-order valence-electron chi connectivity index (χ3n) is 4.90. The highest BCUT2D eigenvalue weighted by Crippen LogP contribution is 2.25. The van der Waals surface area contributed by atoms with Crippen LogP contribution in [0.4, 0.5) is 5.69 Å². The maximum absolute atomic E-state index is 13.0. The summed E-state index contributed by atoms with van der Waals surface area (Å²) in [5.74, 6) is -1.46. The number of carbonyl (C=O) groups excluding carboxylic acids is 1. The number of nitrogens with zero attached hydrogens (tertiary/aromatic N) is 1. The molecule has 0 saturated carbocycles. The van der Waals surface area contributed by atoms with Crippen LogP contribution in [0.3, 0.4) is 0 Å². The fourth-order valence-electron chi connectivity index (χ4n) is 3.28. The second-order valence-electron chi connectivity index (χ2n) is 7.21. The van der Waals surface area contributed by atoms with Gasteiger partial charge in [0.1, 0.15) is 0 Å². The van der Waals surface area contributed by atoms with Crippen LogP contribution in [0, 0.1) is 6.92 Å². The minimum absolute atomic E-state index is 0.0436. The van der Waals surface area contributed by atoms with Gasteiger partial charge in [-0.05, 0) is 43.3 Å². The summed E-state index contributed by atoms with van der Waals surface area (Å²) in [6.45, 7) is 1.85. The number of hydrogen-bond acceptors (Lipinski definition) is 5. The molecule has 32 heavy (non-hydrogen) atoms. The van der Waals surface area contributed by atoms with Crippen molar-refractivity contribution in [2.75, 3.05) is 5.32 Å². The van der Waals surface area contributed by atoms with Gasteiger partial charge in [-0.1, -0.05) is 48.0 Å². The molecule has 0 heterocycles. The molecule has 7 nitrogen and oxygen atoms in total. The second-order valence-corrected chi connectivity index (χ2v) is 8.81. The number of ketones is 1. The van der Waals surface area contributed by atoms with Crippen molar-refractivity contribution in [2.24, 2.45) is 4.40 Å². The summed E-state index contributed by atoms with van der Waals surface area (Å²) in [6.07, 6.45) is 1.36. The van der Waals surface area contributed by atoms with Crippen LogP contribution in [0.25, 0.3) is 0 Å². The van der Waals surface area contributed by atoms with E-state index in [1.807, 2.05) is 6.92 Å². The largest absolute Gasteiger partial charge is 0.478 e. The van der Waals surface area contributed by atoms with Gasteiger partial charge in [0.2, 0.25) is 5.78 Å². The number of allylic oxidation sites excluding steroid dienone is 2. The van der Waals surface area contributed by atoms with Gasteiger partial charge < -0.3 is 10.4 Å². The first-order valence-corrected chi connectivity index (χ1v) is 11.1. The molecule has 0 saturated heterocycles. The van der Waals surface area contributed by atoms with E-state index in [9.17, 15) is 23.1 Å². The molecule has 0 bridgehead atoms. The lowest BCUT2D eigenvalue weighted by molar-refractivity contribution is 0.0696. The van der Waals surface area contributed by atoms with Gasteiger partial charge in [0.05, 0.1) is 21.9 Å². The summed E-state index contributed by atoms with van der Waals surface area (Å²) in [5.41, 5.74) is 2.24. The van der Waals surface area contributed by atoms with Gasteiger partial charge in [-0.3, -0.25) is 4.79 Å². The minimum Gasteiger partial charge on any atom is -0.478 e. The molecule has 160 valence electrons. The number of anilines is 1. The van der Waals surface area contributed by atoms with Crippen molar-refractivity contribution >= 4 is 33.2 Å². The zero-order valence-electron chi connectivity index (χ0n) is 16.9. The summed E-state index contributed by atoms with van der Waals surface area (Å²) in [7, 11) is -4.02. The normalized spacial score (nSPS) is 14.6. The van der Waals surface area contributed by atoms with Crippen molar-refractivity contribution < 1.29 is 23.1 Å². The molecule has 1 aliphatic rings. The van der Waals surface area contributed by atoms with Gasteiger partial charge >= 0.3 is 5.97 Å². The molecule has 0 spiro atoms. The number of benzene rings is 3. The van der Waals surface area contributed by atoms with Crippen LogP contribution < -0.4 is 5.32 Å². The third kappa shape index (κ3) is 4.21. The van der Waals surface area contributed by atoms with E-state index in [0.717, 1.165) is 5.56 Å². The molecule has 0 atom stereocenters. The van der Waals surface area contributed by atoms with Gasteiger partial charge in [-0.15, -0.1) is 0 Å². The van der Waals surface area contributed by atoms with E-state index >= 15 is 0 Å². The van der Waals surface area contributed by atoms with Crippen LogP contribution in [-0.2, 0) is 10.0 Å². The monoisotopic (exact) mass is 446 g/mol. The van der Waals surface area contributed by atoms with E-state index in [1.165, 1.54) is 30.3 Å². The van der Waals surface area contributed by atoms with Crippen molar-refractivity contribution in [1.82, 2.24) is 0 Å². The molecular formula is C24H18N2O5S. The Morgan fingerprint density at radius 1 is 0.938 bits per heavy atom. The Labute approximate surface area is 184 Å². The molecule has 2 N–H and O–H groups in total. The molecule has 0 amide bonds. The van der Waals surface area contributed by atoms with Crippen molar-refractivity contribution in [3.05, 3.63) is 107 Å². The van der Waals surface area contributed by atoms with E-state index in [-0.39, 0.29) is 27.7 Å². The van der Waals surface area contributed by atoms with Gasteiger partial charge in [0, 0.05) is 16.8 Å². The molecule has 3 aromatic carbocycles. The van der Waals surface area contributed by atoms with Crippen LogP contribution in [-0.4, -0.2) is 31.0 Å². The van der Waals surface area contributed by atoms with Gasteiger partial charge in [-0.2, -0.15) is 12.8 Å². The number of carboxylic acid groups (broad SMARTS) is 1. The molecule has 8 heteroatoms. The number of aromatic carboxylic acids is 1. The highest BCUT2D eigenvalue weighted by molar-refractivity contribution is 7.90.